The number of aromatic hydroxyl groups is 2. The Balaban J connectivity index is 0.000000281. The van der Waals surface area contributed by atoms with Crippen LogP contribution in [0.3, 0.4) is 0 Å². The Bertz CT molecular complexity index is 1860. The lowest BCUT2D eigenvalue weighted by molar-refractivity contribution is 0.103. The van der Waals surface area contributed by atoms with Gasteiger partial charge in [-0.05, 0) is 136 Å². The van der Waals surface area contributed by atoms with E-state index >= 15 is 0 Å². The number of allylic oxidation sites excluding steroid dienone is 2. The zero-order valence-corrected chi connectivity index (χ0v) is 31.4. The van der Waals surface area contributed by atoms with Gasteiger partial charge >= 0.3 is 0 Å². The zero-order valence-electron chi connectivity index (χ0n) is 31.4. The number of benzene rings is 4. The molecule has 0 fully saturated rings. The minimum atomic E-state index is -0.105. The van der Waals surface area contributed by atoms with Crippen LogP contribution in [-0.4, -0.2) is 35.0 Å². The second-order valence-corrected chi connectivity index (χ2v) is 12.3. The fraction of sp³-hybridized carbons (Fsp3) is 0.318. The number of nitrogen functional groups attached to an aromatic ring is 2. The summed E-state index contributed by atoms with van der Waals surface area (Å²) in [5.74, 6) is 1.71. The second kappa shape index (κ2) is 20.4. The van der Waals surface area contributed by atoms with Crippen LogP contribution in [0.5, 0.6) is 23.0 Å². The summed E-state index contributed by atoms with van der Waals surface area (Å²) in [6.45, 7) is 12.9. The number of nitrogens with two attached hydrogens (primary N) is 2. The van der Waals surface area contributed by atoms with Gasteiger partial charge in [0.05, 0.1) is 13.2 Å². The fourth-order valence-corrected chi connectivity index (χ4v) is 5.83. The molecule has 0 aliphatic rings. The first kappa shape index (κ1) is 40.9. The average Bonchev–Trinajstić information content (AvgIpc) is 3.14. The largest absolute Gasteiger partial charge is 0.507 e. The van der Waals surface area contributed by atoms with Crippen LogP contribution < -0.4 is 20.9 Å². The van der Waals surface area contributed by atoms with Crippen LogP contribution in [0.25, 0.3) is 12.2 Å². The van der Waals surface area contributed by atoms with Gasteiger partial charge in [0.2, 0.25) is 0 Å². The second-order valence-electron chi connectivity index (χ2n) is 12.3. The Morgan fingerprint density at radius 3 is 1.42 bits per heavy atom. The first-order valence-corrected chi connectivity index (χ1v) is 18.2. The molecule has 0 aliphatic heterocycles. The molecule has 0 unspecified atom stereocenters. The number of anilines is 2. The summed E-state index contributed by atoms with van der Waals surface area (Å²) in [6, 6.07) is 17.5. The van der Waals surface area contributed by atoms with Gasteiger partial charge in [0.25, 0.3) is 0 Å². The zero-order chi connectivity index (χ0) is 38.2. The topological polar surface area (TPSA) is 145 Å². The maximum absolute atomic E-state index is 12.5. The van der Waals surface area contributed by atoms with Gasteiger partial charge in [0, 0.05) is 44.8 Å². The van der Waals surface area contributed by atoms with E-state index in [1.54, 1.807) is 66.8 Å². The maximum Gasteiger partial charge on any atom is 0.185 e. The van der Waals surface area contributed by atoms with Crippen molar-refractivity contribution in [2.75, 3.05) is 24.7 Å². The lowest BCUT2D eigenvalue weighted by atomic mass is 9.96. The van der Waals surface area contributed by atoms with E-state index in [4.69, 9.17) is 20.9 Å². The summed E-state index contributed by atoms with van der Waals surface area (Å²) in [5, 5.41) is 21.1. The number of rotatable bonds is 16. The molecule has 0 saturated carbocycles. The van der Waals surface area contributed by atoms with Crippen LogP contribution in [0.15, 0.2) is 72.8 Å². The van der Waals surface area contributed by atoms with E-state index in [9.17, 15) is 19.8 Å². The highest BCUT2D eigenvalue weighted by Crippen LogP contribution is 2.38. The number of carbonyl (C=O) groups is 2. The quantitative estimate of drug-likeness (QED) is 0.0512. The molecular formula is C44H54N2O6. The summed E-state index contributed by atoms with van der Waals surface area (Å²) in [7, 11) is 0. The molecule has 0 heterocycles. The number of hydrogen-bond acceptors (Lipinski definition) is 8. The Kier molecular flexibility index (Phi) is 16.0. The van der Waals surface area contributed by atoms with Crippen LogP contribution in [0.4, 0.5) is 11.4 Å². The van der Waals surface area contributed by atoms with Gasteiger partial charge in [0.15, 0.2) is 11.6 Å². The molecule has 0 bridgehead atoms. The van der Waals surface area contributed by atoms with Crippen molar-refractivity contribution < 1.29 is 29.3 Å². The molecule has 0 saturated heterocycles. The Hall–Kier alpha value is -5.50. The van der Waals surface area contributed by atoms with Crippen molar-refractivity contribution in [3.63, 3.8) is 0 Å². The molecule has 52 heavy (non-hydrogen) atoms. The number of carbonyl (C=O) groups excluding carboxylic acids is 2. The lowest BCUT2D eigenvalue weighted by Gasteiger charge is -2.18. The summed E-state index contributed by atoms with van der Waals surface area (Å²) in [4.78, 5) is 24.8. The monoisotopic (exact) mass is 706 g/mol. The third kappa shape index (κ3) is 10.8. The molecule has 8 heteroatoms. The van der Waals surface area contributed by atoms with Crippen LogP contribution >= 0.6 is 0 Å². The number of phenols is 2. The van der Waals surface area contributed by atoms with Crippen LogP contribution in [0.2, 0.25) is 0 Å². The molecule has 0 spiro atoms. The predicted molar refractivity (Wildman–Crippen MR) is 214 cm³/mol. The first-order valence-electron chi connectivity index (χ1n) is 18.2. The Labute approximate surface area is 308 Å². The number of aryl methyl sites for hydroxylation is 2. The van der Waals surface area contributed by atoms with Crippen molar-refractivity contribution in [3.8, 4) is 23.0 Å². The number of ketones is 2. The van der Waals surface area contributed by atoms with E-state index in [1.807, 2.05) is 39.8 Å². The molecule has 4 aromatic carbocycles. The van der Waals surface area contributed by atoms with Gasteiger partial charge < -0.3 is 31.2 Å². The Morgan fingerprint density at radius 2 is 1.02 bits per heavy atom. The predicted octanol–water partition coefficient (Wildman–Crippen LogP) is 9.57. The van der Waals surface area contributed by atoms with Crippen molar-refractivity contribution in [1.29, 1.82) is 0 Å². The summed E-state index contributed by atoms with van der Waals surface area (Å²) >= 11 is 0. The highest BCUT2D eigenvalue weighted by molar-refractivity contribution is 6.07. The van der Waals surface area contributed by atoms with Crippen LogP contribution in [0, 0.1) is 0 Å². The van der Waals surface area contributed by atoms with E-state index < -0.39 is 0 Å². The van der Waals surface area contributed by atoms with Gasteiger partial charge in [-0.1, -0.05) is 40.5 Å². The van der Waals surface area contributed by atoms with E-state index in [0.29, 0.717) is 65.8 Å². The van der Waals surface area contributed by atoms with Gasteiger partial charge in [-0.15, -0.1) is 0 Å². The van der Waals surface area contributed by atoms with E-state index in [-0.39, 0.29) is 17.3 Å². The summed E-state index contributed by atoms with van der Waals surface area (Å²) < 4.78 is 11.6. The van der Waals surface area contributed by atoms with Gasteiger partial charge in [-0.25, -0.2) is 0 Å². The average molecular weight is 707 g/mol. The molecule has 0 amide bonds. The molecule has 0 aromatic heterocycles. The third-order valence-electron chi connectivity index (χ3n) is 8.46. The highest BCUT2D eigenvalue weighted by Gasteiger charge is 2.18. The van der Waals surface area contributed by atoms with Crippen LogP contribution in [0.1, 0.15) is 108 Å². The minimum Gasteiger partial charge on any atom is -0.507 e. The molecule has 4 rings (SSSR count). The molecule has 6 N–H and O–H groups in total. The molecule has 4 aromatic rings. The molecule has 0 atom stereocenters. The van der Waals surface area contributed by atoms with E-state index in [2.05, 4.69) is 13.8 Å². The highest BCUT2D eigenvalue weighted by atomic mass is 16.5. The normalized spacial score (nSPS) is 11.0. The molecule has 8 nitrogen and oxygen atoms in total. The summed E-state index contributed by atoms with van der Waals surface area (Å²) in [6.07, 6.45) is 11.3. The van der Waals surface area contributed by atoms with Crippen molar-refractivity contribution >= 4 is 35.1 Å². The van der Waals surface area contributed by atoms with Gasteiger partial charge in [-0.2, -0.15) is 0 Å². The third-order valence-corrected chi connectivity index (χ3v) is 8.46. The molecule has 0 aliphatic carbocycles. The number of hydrogen-bond donors (Lipinski definition) is 4. The van der Waals surface area contributed by atoms with E-state index in [0.717, 1.165) is 59.1 Å². The van der Waals surface area contributed by atoms with Crippen molar-refractivity contribution in [2.24, 2.45) is 0 Å². The van der Waals surface area contributed by atoms with Crippen molar-refractivity contribution in [2.45, 2.75) is 80.1 Å². The fourth-order valence-electron chi connectivity index (χ4n) is 5.83. The SMILES string of the molecule is CCCc1cc(/C=C/C(=O)c2ccc(N)cc2)c(OCC)c(CCC)c1O.CCOc1c(/C=C/C(=O)c2ccc(N)cc2)cc(CC)c(O)c1CC. The molecule has 276 valence electrons. The van der Waals surface area contributed by atoms with E-state index in [1.165, 1.54) is 6.08 Å². The number of ether oxygens (including phenoxy) is 2. The van der Waals surface area contributed by atoms with Crippen LogP contribution in [-0.2, 0) is 25.7 Å². The molecular weight excluding hydrogens is 652 g/mol. The number of phenolic OH excluding ortho intramolecular Hbond substituents is 2. The lowest BCUT2D eigenvalue weighted by Crippen LogP contribution is -2.03. The smallest absolute Gasteiger partial charge is 0.185 e. The summed E-state index contributed by atoms with van der Waals surface area (Å²) in [5.41, 5.74) is 18.7. The maximum atomic E-state index is 12.5. The van der Waals surface area contributed by atoms with Crippen molar-refractivity contribution in [1.82, 2.24) is 0 Å². The molecule has 0 radical (unpaired) electrons. The standard InChI is InChI=1S/C23H29NO3.C21H25NO3/c1-4-7-17-15-18(23(27-6-3)20(8-5-2)22(17)26)11-14-21(25)16-9-12-19(24)13-10-16;1-4-14-13-16(21(25-6-3)18(5-2)20(14)24)9-12-19(23)15-7-10-17(22)11-8-15/h9-15,26H,4-8,24H2,1-3H3;7-13,24H,4-6,22H2,1-3H3/b14-11+;12-9+. The van der Waals surface area contributed by atoms with Gasteiger partial charge in [0.1, 0.15) is 23.0 Å². The van der Waals surface area contributed by atoms with Gasteiger partial charge in [-0.3, -0.25) is 9.59 Å². The minimum absolute atomic E-state index is 0.0976. The first-order chi connectivity index (χ1) is 25.0. The Morgan fingerprint density at radius 1 is 0.596 bits per heavy atom. The van der Waals surface area contributed by atoms with Crippen molar-refractivity contribution in [3.05, 3.63) is 117 Å².